The Morgan fingerprint density at radius 1 is 0.864 bits per heavy atom. The monoisotopic (exact) mass is 646 g/mol. The van der Waals surface area contributed by atoms with Gasteiger partial charge in [-0.3, -0.25) is 9.36 Å². The van der Waals surface area contributed by atoms with Crippen LogP contribution in [0.2, 0.25) is 0 Å². The van der Waals surface area contributed by atoms with E-state index in [1.807, 2.05) is 0 Å². The molecule has 4 rings (SSSR count). The average molecular weight is 647 g/mol. The number of carbonyl (C=O) groups is 4. The molecule has 1 aliphatic heterocycles. The number of benzene rings is 2. The van der Waals surface area contributed by atoms with Crippen molar-refractivity contribution in [1.82, 2.24) is 0 Å². The normalized spacial score (nSPS) is 19.5. The van der Waals surface area contributed by atoms with Crippen molar-refractivity contribution >= 4 is 31.4 Å². The maximum atomic E-state index is 13.1. The van der Waals surface area contributed by atoms with Crippen LogP contribution in [0, 0.1) is 0 Å². The van der Waals surface area contributed by atoms with Crippen molar-refractivity contribution in [3.05, 3.63) is 114 Å². The summed E-state index contributed by atoms with van der Waals surface area (Å²) in [6.45, 7) is -0.421. The molecule has 1 saturated heterocycles. The number of hydrogen-bond acceptors (Lipinski definition) is 9. The summed E-state index contributed by atoms with van der Waals surface area (Å²) in [5.74, 6) is -3.25. The molecule has 2 heterocycles. The van der Waals surface area contributed by atoms with Crippen LogP contribution >= 0.6 is 7.60 Å². The van der Waals surface area contributed by atoms with E-state index >= 15 is 0 Å². The van der Waals surface area contributed by atoms with Crippen LogP contribution in [0.5, 0.6) is 0 Å². The Hall–Kier alpha value is -4.39. The Labute approximate surface area is 257 Å². The van der Waals surface area contributed by atoms with Crippen LogP contribution in [0.1, 0.15) is 37.3 Å². The highest BCUT2D eigenvalue weighted by atomic mass is 35.5. The molecule has 44 heavy (non-hydrogen) atoms. The highest BCUT2D eigenvalue weighted by Gasteiger charge is 2.55. The maximum absolute atomic E-state index is 13.1. The van der Waals surface area contributed by atoms with Crippen LogP contribution in [0.3, 0.4) is 0 Å². The lowest BCUT2D eigenvalue weighted by Gasteiger charge is -2.22. The third kappa shape index (κ3) is 9.30. The first kappa shape index (κ1) is 34.1. The van der Waals surface area contributed by atoms with Crippen molar-refractivity contribution in [3.63, 3.8) is 0 Å². The number of pyridine rings is 1. The lowest BCUT2D eigenvalue weighted by molar-refractivity contribution is -0.765. The minimum Gasteiger partial charge on any atom is -1.00 e. The zero-order chi connectivity index (χ0) is 31.0. The Morgan fingerprint density at radius 3 is 2.05 bits per heavy atom. The molecule has 0 radical (unpaired) electrons. The third-order valence-corrected chi connectivity index (χ3v) is 6.86. The number of nitrogens with zero attached hydrogens (tertiary/aromatic N) is 1. The molecule has 1 amide bonds. The molecule has 4 N–H and O–H groups in total. The quantitative estimate of drug-likeness (QED) is 0.0737. The molecule has 1 fully saturated rings. The van der Waals surface area contributed by atoms with Gasteiger partial charge < -0.3 is 46.9 Å². The number of ether oxygens (including phenoxy) is 4. The number of primary amides is 1. The van der Waals surface area contributed by atoms with Crippen LogP contribution in [0.4, 0.5) is 0 Å². The minimum absolute atomic E-state index is 0. The van der Waals surface area contributed by atoms with E-state index in [4.69, 9.17) is 34.5 Å². The van der Waals surface area contributed by atoms with Crippen LogP contribution < -0.4 is 22.7 Å². The van der Waals surface area contributed by atoms with E-state index in [9.17, 15) is 23.7 Å². The van der Waals surface area contributed by atoms with Gasteiger partial charge in [0.05, 0.1) is 17.3 Å². The zero-order valence-electron chi connectivity index (χ0n) is 22.9. The number of esters is 3. The zero-order valence-corrected chi connectivity index (χ0v) is 24.5. The molecule has 0 spiro atoms. The minimum atomic E-state index is -4.44. The van der Waals surface area contributed by atoms with Crippen molar-refractivity contribution in [2.45, 2.75) is 24.5 Å². The van der Waals surface area contributed by atoms with Crippen molar-refractivity contribution < 1.29 is 69.5 Å². The summed E-state index contributed by atoms with van der Waals surface area (Å²) in [6, 6.07) is 19.0. The molecular formula is C29H28ClN2O11P. The number of nitrogens with two attached hydrogens (primary N) is 1. The molecule has 0 saturated carbocycles. The molecular weight excluding hydrogens is 619 g/mol. The smallest absolute Gasteiger partial charge is 0.338 e. The molecule has 4 atom stereocenters. The lowest BCUT2D eigenvalue weighted by atomic mass is 10.1. The first-order valence-corrected chi connectivity index (χ1v) is 14.7. The number of allylic oxidation sites excluding steroid dienone is 1. The summed E-state index contributed by atoms with van der Waals surface area (Å²) in [4.78, 5) is 68.6. The standard InChI is InChI=1S/C29H27N2O11P.ClH/c30-26(33)21-13-7-15-31(17-21)27-25(41-23(32)14-8-16-43(36,37)38)24(42-29(35)20-11-5-2-6-12-20)22(40-27)18-39-28(34)19-9-3-1-4-10-19;/h1-15,17,22,24-25,27H,16,18H2,(H3-,30,33,36,37,38);1H/b14-8+;/t22-,24-,25-,27-;/m1./s1. The fourth-order valence-electron chi connectivity index (χ4n) is 4.19. The first-order chi connectivity index (χ1) is 20.5. The summed E-state index contributed by atoms with van der Waals surface area (Å²) in [5, 5.41) is 0. The van der Waals surface area contributed by atoms with Crippen molar-refractivity contribution in [2.75, 3.05) is 12.8 Å². The Morgan fingerprint density at radius 2 is 1.45 bits per heavy atom. The highest BCUT2D eigenvalue weighted by Crippen LogP contribution is 2.34. The van der Waals surface area contributed by atoms with Gasteiger partial charge in [-0.2, -0.15) is 4.57 Å². The molecule has 0 bridgehead atoms. The van der Waals surface area contributed by atoms with E-state index in [1.165, 1.54) is 41.2 Å². The third-order valence-electron chi connectivity index (χ3n) is 6.18. The van der Waals surface area contributed by atoms with Crippen molar-refractivity contribution in [1.29, 1.82) is 0 Å². The predicted molar refractivity (Wildman–Crippen MR) is 147 cm³/mol. The average Bonchev–Trinajstić information content (AvgIpc) is 3.32. The molecule has 2 aromatic carbocycles. The van der Waals surface area contributed by atoms with Gasteiger partial charge in [-0.05, 0) is 30.3 Å². The molecule has 0 unspecified atom stereocenters. The maximum Gasteiger partial charge on any atom is 0.338 e. The second-order valence-corrected chi connectivity index (χ2v) is 11.0. The second kappa shape index (κ2) is 15.4. The highest BCUT2D eigenvalue weighted by molar-refractivity contribution is 7.51. The molecule has 3 aromatic rings. The van der Waals surface area contributed by atoms with Gasteiger partial charge in [-0.1, -0.05) is 42.5 Å². The van der Waals surface area contributed by atoms with Gasteiger partial charge in [0.25, 0.3) is 5.91 Å². The Bertz CT molecular complexity index is 1550. The van der Waals surface area contributed by atoms with Gasteiger partial charge in [-0.15, -0.1) is 0 Å². The van der Waals surface area contributed by atoms with E-state index in [0.29, 0.717) is 0 Å². The van der Waals surface area contributed by atoms with E-state index in [2.05, 4.69) is 0 Å². The number of rotatable bonds is 11. The van der Waals surface area contributed by atoms with Gasteiger partial charge in [0, 0.05) is 12.1 Å². The van der Waals surface area contributed by atoms with Crippen molar-refractivity contribution in [2.24, 2.45) is 5.73 Å². The SMILES string of the molecule is NC(=O)c1ccc[n+]([C@@H]2O[C@H](COC(=O)c3ccccc3)[C@@H](OC(=O)c3ccccc3)[C@H]2OC(=O)/C=C/CP(=O)(O)O)c1.[Cl-]. The summed E-state index contributed by atoms with van der Waals surface area (Å²) in [7, 11) is -4.44. The molecule has 1 aromatic heterocycles. The second-order valence-electron chi connectivity index (χ2n) is 9.32. The van der Waals surface area contributed by atoms with Crippen LogP contribution in [0.25, 0.3) is 0 Å². The summed E-state index contributed by atoms with van der Waals surface area (Å²) >= 11 is 0. The van der Waals surface area contributed by atoms with Gasteiger partial charge in [0.2, 0.25) is 6.10 Å². The Balaban J connectivity index is 0.00000529. The Kier molecular flexibility index (Phi) is 11.9. The molecule has 1 aliphatic rings. The van der Waals surface area contributed by atoms with Gasteiger partial charge in [0.15, 0.2) is 18.5 Å². The number of halogens is 1. The van der Waals surface area contributed by atoms with Gasteiger partial charge >= 0.3 is 31.7 Å². The fourth-order valence-corrected chi connectivity index (χ4v) is 4.57. The van der Waals surface area contributed by atoms with Crippen LogP contribution in [-0.2, 0) is 28.3 Å². The topological polar surface area (TPSA) is 193 Å². The van der Waals surface area contributed by atoms with Crippen LogP contribution in [0.15, 0.2) is 97.3 Å². The van der Waals surface area contributed by atoms with Gasteiger partial charge in [0.1, 0.15) is 18.3 Å². The molecule has 13 nitrogen and oxygen atoms in total. The van der Waals surface area contributed by atoms with E-state index in [0.717, 1.165) is 12.2 Å². The largest absolute Gasteiger partial charge is 1.00 e. The number of hydrogen-bond donors (Lipinski definition) is 3. The van der Waals surface area contributed by atoms with Crippen LogP contribution in [-0.4, -0.2) is 64.7 Å². The molecule has 232 valence electrons. The van der Waals surface area contributed by atoms with E-state index in [1.54, 1.807) is 48.5 Å². The van der Waals surface area contributed by atoms with Gasteiger partial charge in [-0.25, -0.2) is 14.4 Å². The summed E-state index contributed by atoms with van der Waals surface area (Å²) in [5.41, 5.74) is 5.96. The lowest BCUT2D eigenvalue weighted by Crippen LogP contribution is -3.00. The molecule has 15 heteroatoms. The number of amides is 1. The summed E-state index contributed by atoms with van der Waals surface area (Å²) in [6.07, 6.45) is -1.22. The van der Waals surface area contributed by atoms with E-state index < -0.39 is 68.7 Å². The predicted octanol–water partition coefficient (Wildman–Crippen LogP) is -1.30. The number of aromatic nitrogens is 1. The van der Waals surface area contributed by atoms with E-state index in [-0.39, 0.29) is 29.1 Å². The fraction of sp³-hybridized carbons (Fsp3) is 0.207. The number of carbonyl (C=O) groups excluding carboxylic acids is 4. The molecule has 0 aliphatic carbocycles. The first-order valence-electron chi connectivity index (χ1n) is 12.9. The summed E-state index contributed by atoms with van der Waals surface area (Å²) < 4.78 is 35.5. The van der Waals surface area contributed by atoms with Crippen molar-refractivity contribution in [3.8, 4) is 0 Å².